The molecular formula is C21H24N2O. The summed E-state index contributed by atoms with van der Waals surface area (Å²) in [7, 11) is 0. The van der Waals surface area contributed by atoms with Crippen LogP contribution in [-0.2, 0) is 6.42 Å². The molecule has 0 saturated carbocycles. The van der Waals surface area contributed by atoms with E-state index >= 15 is 0 Å². The summed E-state index contributed by atoms with van der Waals surface area (Å²) in [6.45, 7) is 6.28. The molecule has 3 aromatic rings. The number of aromatic nitrogens is 2. The van der Waals surface area contributed by atoms with E-state index < -0.39 is 0 Å². The number of hydrogen-bond donors (Lipinski definition) is 1. The molecule has 0 fully saturated rings. The number of aryl methyl sites for hydroxylation is 3. The third-order valence-electron chi connectivity index (χ3n) is 4.30. The van der Waals surface area contributed by atoms with E-state index in [1.54, 1.807) is 0 Å². The Morgan fingerprint density at radius 3 is 2.08 bits per heavy atom. The van der Waals surface area contributed by atoms with Gasteiger partial charge in [0.1, 0.15) is 11.4 Å². The van der Waals surface area contributed by atoms with Gasteiger partial charge in [0.2, 0.25) is 0 Å². The molecule has 0 aliphatic heterocycles. The minimum Gasteiger partial charge on any atom is -0.504 e. The van der Waals surface area contributed by atoms with Crippen molar-refractivity contribution in [1.29, 1.82) is 0 Å². The minimum absolute atomic E-state index is 0.299. The van der Waals surface area contributed by atoms with Gasteiger partial charge >= 0.3 is 0 Å². The van der Waals surface area contributed by atoms with Gasteiger partial charge in [0.25, 0.3) is 0 Å². The molecule has 3 heteroatoms. The normalized spacial score (nSPS) is 11.0. The first-order chi connectivity index (χ1) is 11.6. The summed E-state index contributed by atoms with van der Waals surface area (Å²) in [6, 6.07) is 16.4. The lowest BCUT2D eigenvalue weighted by atomic mass is 10.1. The van der Waals surface area contributed by atoms with Crippen LogP contribution in [0.25, 0.3) is 16.9 Å². The van der Waals surface area contributed by atoms with E-state index in [0.29, 0.717) is 5.75 Å². The number of benzene rings is 2. The van der Waals surface area contributed by atoms with Crippen LogP contribution in [-0.4, -0.2) is 14.9 Å². The van der Waals surface area contributed by atoms with Crippen LogP contribution < -0.4 is 0 Å². The number of nitrogens with zero attached hydrogens (tertiary/aromatic N) is 2. The van der Waals surface area contributed by atoms with Crippen LogP contribution in [0.1, 0.15) is 36.6 Å². The Labute approximate surface area is 143 Å². The highest BCUT2D eigenvalue weighted by Crippen LogP contribution is 2.35. The van der Waals surface area contributed by atoms with Crippen molar-refractivity contribution in [2.24, 2.45) is 0 Å². The van der Waals surface area contributed by atoms with Crippen molar-refractivity contribution in [1.82, 2.24) is 9.78 Å². The fourth-order valence-electron chi connectivity index (χ4n) is 2.81. The maximum absolute atomic E-state index is 10.8. The molecule has 0 aliphatic carbocycles. The predicted octanol–water partition coefficient (Wildman–Crippen LogP) is 5.20. The van der Waals surface area contributed by atoms with Crippen molar-refractivity contribution in [3.8, 4) is 22.7 Å². The van der Waals surface area contributed by atoms with Gasteiger partial charge in [-0.2, -0.15) is 5.10 Å². The van der Waals surface area contributed by atoms with E-state index in [9.17, 15) is 5.11 Å². The van der Waals surface area contributed by atoms with Crippen molar-refractivity contribution in [3.63, 3.8) is 0 Å². The summed E-state index contributed by atoms with van der Waals surface area (Å²) in [4.78, 5) is 0. The van der Waals surface area contributed by atoms with Crippen LogP contribution in [0.3, 0.4) is 0 Å². The highest BCUT2D eigenvalue weighted by atomic mass is 16.3. The Hall–Kier alpha value is -2.55. The molecule has 0 amide bonds. The molecular weight excluding hydrogens is 296 g/mol. The van der Waals surface area contributed by atoms with Crippen molar-refractivity contribution in [2.75, 3.05) is 0 Å². The van der Waals surface area contributed by atoms with Crippen molar-refractivity contribution in [2.45, 2.75) is 40.0 Å². The average molecular weight is 320 g/mol. The van der Waals surface area contributed by atoms with Gasteiger partial charge in [-0.05, 0) is 38.8 Å². The average Bonchev–Trinajstić information content (AvgIpc) is 2.91. The highest BCUT2D eigenvalue weighted by Gasteiger charge is 2.19. The number of hydrogen-bond acceptors (Lipinski definition) is 2. The van der Waals surface area contributed by atoms with E-state index in [2.05, 4.69) is 45.0 Å². The van der Waals surface area contributed by atoms with Crippen LogP contribution in [0, 0.1) is 13.8 Å². The van der Waals surface area contributed by atoms with E-state index in [1.165, 1.54) is 11.1 Å². The minimum atomic E-state index is 0.299. The Morgan fingerprint density at radius 2 is 1.50 bits per heavy atom. The van der Waals surface area contributed by atoms with Crippen LogP contribution in [0.15, 0.2) is 48.5 Å². The van der Waals surface area contributed by atoms with Gasteiger partial charge < -0.3 is 5.11 Å². The number of rotatable bonds is 5. The summed E-state index contributed by atoms with van der Waals surface area (Å²) < 4.78 is 1.87. The topological polar surface area (TPSA) is 38.0 Å². The summed E-state index contributed by atoms with van der Waals surface area (Å²) in [5.74, 6) is 0.299. The Kier molecular flexibility index (Phi) is 4.70. The van der Waals surface area contributed by atoms with Gasteiger partial charge in [0, 0.05) is 5.56 Å². The molecule has 0 unspecified atom stereocenters. The summed E-state index contributed by atoms with van der Waals surface area (Å²) >= 11 is 0. The SMILES string of the molecule is CCCCc1nn(-c2ccc(C)cc2)c(-c2ccc(C)cc2)c1O. The molecule has 0 aliphatic rings. The molecule has 124 valence electrons. The summed E-state index contributed by atoms with van der Waals surface area (Å²) in [5, 5.41) is 15.5. The second-order valence-electron chi connectivity index (χ2n) is 6.36. The fourth-order valence-corrected chi connectivity index (χ4v) is 2.81. The van der Waals surface area contributed by atoms with Crippen LogP contribution in [0.5, 0.6) is 5.75 Å². The lowest BCUT2D eigenvalue weighted by molar-refractivity contribution is 0.469. The molecule has 24 heavy (non-hydrogen) atoms. The predicted molar refractivity (Wildman–Crippen MR) is 98.8 cm³/mol. The smallest absolute Gasteiger partial charge is 0.165 e. The molecule has 1 aromatic heterocycles. The van der Waals surface area contributed by atoms with Gasteiger partial charge in [-0.15, -0.1) is 0 Å². The van der Waals surface area contributed by atoms with E-state index in [1.807, 2.05) is 28.9 Å². The Morgan fingerprint density at radius 1 is 0.917 bits per heavy atom. The van der Waals surface area contributed by atoms with Gasteiger partial charge in [-0.25, -0.2) is 4.68 Å². The molecule has 0 spiro atoms. The van der Waals surface area contributed by atoms with Crippen LogP contribution >= 0.6 is 0 Å². The van der Waals surface area contributed by atoms with Crippen LogP contribution in [0.4, 0.5) is 0 Å². The van der Waals surface area contributed by atoms with Crippen LogP contribution in [0.2, 0.25) is 0 Å². The zero-order chi connectivity index (χ0) is 17.1. The molecule has 0 radical (unpaired) electrons. The maximum atomic E-state index is 10.8. The molecule has 3 nitrogen and oxygen atoms in total. The molecule has 0 bridgehead atoms. The molecule has 0 saturated heterocycles. The van der Waals surface area contributed by atoms with Crippen molar-refractivity contribution < 1.29 is 5.11 Å². The third-order valence-corrected chi connectivity index (χ3v) is 4.30. The van der Waals surface area contributed by atoms with Crippen molar-refractivity contribution >= 4 is 0 Å². The summed E-state index contributed by atoms with van der Waals surface area (Å²) in [5.41, 5.74) is 5.89. The van der Waals surface area contributed by atoms with Gasteiger partial charge in [-0.1, -0.05) is 60.9 Å². The van der Waals surface area contributed by atoms with Gasteiger partial charge in [0.05, 0.1) is 5.69 Å². The highest BCUT2D eigenvalue weighted by molar-refractivity contribution is 5.70. The largest absolute Gasteiger partial charge is 0.504 e. The van der Waals surface area contributed by atoms with E-state index in [0.717, 1.165) is 41.9 Å². The standard InChI is InChI=1S/C21H24N2O/c1-4-5-6-19-21(24)20(17-11-7-15(2)8-12-17)23(22-19)18-13-9-16(3)10-14-18/h7-14,24H,4-6H2,1-3H3. The van der Waals surface area contributed by atoms with Gasteiger partial charge in [0.15, 0.2) is 5.75 Å². The zero-order valence-electron chi connectivity index (χ0n) is 14.6. The maximum Gasteiger partial charge on any atom is 0.165 e. The lowest BCUT2D eigenvalue weighted by Crippen LogP contribution is -2.00. The first-order valence-electron chi connectivity index (χ1n) is 8.55. The number of aromatic hydroxyl groups is 1. The first-order valence-corrected chi connectivity index (χ1v) is 8.55. The lowest BCUT2D eigenvalue weighted by Gasteiger charge is -2.08. The van der Waals surface area contributed by atoms with Gasteiger partial charge in [-0.3, -0.25) is 0 Å². The first kappa shape index (κ1) is 16.3. The van der Waals surface area contributed by atoms with E-state index in [-0.39, 0.29) is 0 Å². The fraction of sp³-hybridized carbons (Fsp3) is 0.286. The third kappa shape index (κ3) is 3.21. The molecule has 3 rings (SSSR count). The Bertz CT molecular complexity index is 814. The monoisotopic (exact) mass is 320 g/mol. The zero-order valence-corrected chi connectivity index (χ0v) is 14.6. The molecule has 0 atom stereocenters. The Balaban J connectivity index is 2.15. The molecule has 1 N–H and O–H groups in total. The number of unbranched alkanes of at least 4 members (excludes halogenated alkanes) is 1. The second-order valence-corrected chi connectivity index (χ2v) is 6.36. The molecule has 1 heterocycles. The van der Waals surface area contributed by atoms with Crippen molar-refractivity contribution in [3.05, 3.63) is 65.4 Å². The second kappa shape index (κ2) is 6.91. The molecule has 2 aromatic carbocycles. The quantitative estimate of drug-likeness (QED) is 0.701. The summed E-state index contributed by atoms with van der Waals surface area (Å²) in [6.07, 6.45) is 2.89. The van der Waals surface area contributed by atoms with E-state index in [4.69, 9.17) is 5.10 Å².